The van der Waals surface area contributed by atoms with Crippen LogP contribution in [0.15, 0.2) is 0 Å². The highest BCUT2D eigenvalue weighted by Crippen LogP contribution is 2.01. The number of rotatable bonds is 6. The zero-order chi connectivity index (χ0) is 11.1. The molecule has 0 fully saturated rings. The lowest BCUT2D eigenvalue weighted by molar-refractivity contribution is -0.161. The number of carbonyl (C=O) groups is 3. The molecule has 0 rings (SSSR count). The lowest BCUT2D eigenvalue weighted by Gasteiger charge is -2.12. The van der Waals surface area contributed by atoms with E-state index in [1.54, 1.807) is 0 Å². The Morgan fingerprint density at radius 3 is 2.27 bits per heavy atom. The number of esters is 1. The molecule has 0 aromatic heterocycles. The Hall–Kier alpha value is -1.43. The summed E-state index contributed by atoms with van der Waals surface area (Å²) in [6, 6.07) is 0. The van der Waals surface area contributed by atoms with Gasteiger partial charge < -0.3 is 14.6 Å². The van der Waals surface area contributed by atoms with Crippen molar-refractivity contribution in [2.45, 2.75) is 26.9 Å². The Labute approximate surface area is 89.7 Å². The standard InChI is InChI=1S/C8H12O6.CH4.H2/c1-5(9)6(3-7(10)11)14-8(12)4-13-2;;/h6H,3-4H2,1-2H3,(H,10,11);1H4;1H/i;;1+1. The minimum Gasteiger partial charge on any atom is -0.481 e. The number of methoxy groups -OCH3 is 1. The van der Waals surface area contributed by atoms with E-state index in [0.717, 1.165) is 6.92 Å². The second-order valence-electron chi connectivity index (χ2n) is 2.62. The second-order valence-corrected chi connectivity index (χ2v) is 2.62. The Balaban J connectivity index is -0.000000845. The van der Waals surface area contributed by atoms with Crippen molar-refractivity contribution in [1.29, 1.82) is 0 Å². The van der Waals surface area contributed by atoms with Crippen LogP contribution in [0.25, 0.3) is 0 Å². The lowest BCUT2D eigenvalue weighted by Crippen LogP contribution is -2.29. The van der Waals surface area contributed by atoms with Crippen LogP contribution in [0, 0.1) is 0 Å². The van der Waals surface area contributed by atoms with Gasteiger partial charge in [-0.2, -0.15) is 0 Å². The van der Waals surface area contributed by atoms with Gasteiger partial charge in [0.05, 0.1) is 6.42 Å². The summed E-state index contributed by atoms with van der Waals surface area (Å²) in [5.74, 6) is -2.46. The molecule has 1 unspecified atom stereocenters. The molecular weight excluding hydrogens is 204 g/mol. The van der Waals surface area contributed by atoms with Gasteiger partial charge >= 0.3 is 11.9 Å². The van der Waals surface area contributed by atoms with Crippen molar-refractivity contribution in [2.24, 2.45) is 0 Å². The zero-order valence-electron chi connectivity index (χ0n) is 7.98. The monoisotopic (exact) mass is 223 g/mol. The Morgan fingerprint density at radius 2 is 1.93 bits per heavy atom. The molecule has 0 bridgehead atoms. The van der Waals surface area contributed by atoms with Crippen molar-refractivity contribution in [1.82, 2.24) is 0 Å². The third-order valence-electron chi connectivity index (χ3n) is 1.35. The van der Waals surface area contributed by atoms with Crippen molar-refractivity contribution in [3.05, 3.63) is 0 Å². The van der Waals surface area contributed by atoms with Crippen molar-refractivity contribution in [3.63, 3.8) is 0 Å². The molecule has 0 radical (unpaired) electrons. The van der Waals surface area contributed by atoms with Gasteiger partial charge in [0.2, 0.25) is 0 Å². The maximum atomic E-state index is 10.8. The minimum absolute atomic E-state index is 0. The number of ether oxygens (including phenoxy) is 2. The highest BCUT2D eigenvalue weighted by molar-refractivity contribution is 5.87. The van der Waals surface area contributed by atoms with Gasteiger partial charge in [-0.05, 0) is 6.92 Å². The number of Topliss-reactive ketones (excluding diaryl/α,β-unsaturated/α-hetero) is 1. The van der Waals surface area contributed by atoms with E-state index in [1.165, 1.54) is 7.11 Å². The fraction of sp³-hybridized carbons (Fsp3) is 0.667. The fourth-order valence-electron chi connectivity index (χ4n) is 0.738. The number of hydrogen-bond donors (Lipinski definition) is 1. The number of carboxylic acid groups (broad SMARTS) is 1. The van der Waals surface area contributed by atoms with E-state index >= 15 is 0 Å². The van der Waals surface area contributed by atoms with E-state index in [1.807, 2.05) is 0 Å². The minimum atomic E-state index is -1.23. The molecular formula is C9H18O6. The number of carbonyl (C=O) groups excluding carboxylic acids is 2. The Morgan fingerprint density at radius 1 is 1.40 bits per heavy atom. The molecule has 0 aliphatic rings. The smallest absolute Gasteiger partial charge is 0.332 e. The van der Waals surface area contributed by atoms with Crippen LogP contribution in [0.3, 0.4) is 0 Å². The van der Waals surface area contributed by atoms with Crippen LogP contribution in [0.2, 0.25) is 0 Å². The van der Waals surface area contributed by atoms with Crippen LogP contribution in [0.5, 0.6) is 0 Å². The number of hydrogen-bond acceptors (Lipinski definition) is 5. The Kier molecular flexibility index (Phi) is 8.46. The largest absolute Gasteiger partial charge is 0.481 e. The summed E-state index contributed by atoms with van der Waals surface area (Å²) in [4.78, 5) is 32.0. The average Bonchev–Trinajstić information content (AvgIpc) is 2.02. The van der Waals surface area contributed by atoms with Gasteiger partial charge in [0, 0.05) is 8.54 Å². The van der Waals surface area contributed by atoms with Crippen LogP contribution in [0.4, 0.5) is 0 Å². The first-order valence-corrected chi connectivity index (χ1v) is 3.88. The number of aliphatic carboxylic acids is 1. The molecule has 0 aromatic rings. The highest BCUT2D eigenvalue weighted by atomic mass is 16.6. The molecule has 0 spiro atoms. The maximum Gasteiger partial charge on any atom is 0.332 e. The number of ketones is 1. The van der Waals surface area contributed by atoms with Gasteiger partial charge in [-0.3, -0.25) is 9.59 Å². The summed E-state index contributed by atoms with van der Waals surface area (Å²) < 4.78 is 9.02. The van der Waals surface area contributed by atoms with E-state index < -0.39 is 30.2 Å². The summed E-state index contributed by atoms with van der Waals surface area (Å²) in [7, 11) is 1.29. The zero-order valence-corrected chi connectivity index (χ0v) is 7.98. The first-order valence-electron chi connectivity index (χ1n) is 3.88. The third-order valence-corrected chi connectivity index (χ3v) is 1.35. The van der Waals surface area contributed by atoms with Crippen molar-refractivity contribution in [3.8, 4) is 0 Å². The van der Waals surface area contributed by atoms with Crippen molar-refractivity contribution in [2.75, 3.05) is 13.7 Å². The fourth-order valence-corrected chi connectivity index (χ4v) is 0.738. The molecule has 0 heterocycles. The van der Waals surface area contributed by atoms with Crippen LogP contribution in [0.1, 0.15) is 22.2 Å². The second kappa shape index (κ2) is 7.93. The molecule has 0 aromatic carbocycles. The van der Waals surface area contributed by atoms with Crippen LogP contribution >= 0.6 is 0 Å². The van der Waals surface area contributed by atoms with E-state index in [4.69, 9.17) is 5.11 Å². The molecule has 0 amide bonds. The Bertz CT molecular complexity index is 240. The van der Waals surface area contributed by atoms with Crippen LogP contribution in [-0.4, -0.2) is 42.6 Å². The van der Waals surface area contributed by atoms with Gasteiger partial charge in [0.25, 0.3) is 0 Å². The van der Waals surface area contributed by atoms with Gasteiger partial charge in [0.1, 0.15) is 6.61 Å². The van der Waals surface area contributed by atoms with Crippen LogP contribution in [-0.2, 0) is 23.9 Å². The molecule has 0 saturated heterocycles. The van der Waals surface area contributed by atoms with Gasteiger partial charge in [-0.15, -0.1) is 0 Å². The molecule has 0 saturated carbocycles. The maximum absolute atomic E-state index is 10.8. The van der Waals surface area contributed by atoms with Gasteiger partial charge in [0.15, 0.2) is 11.9 Å². The molecule has 1 N–H and O–H groups in total. The first-order chi connectivity index (χ1) is 6.47. The molecule has 6 heteroatoms. The van der Waals surface area contributed by atoms with Gasteiger partial charge in [-0.25, -0.2) is 4.79 Å². The summed E-state index contributed by atoms with van der Waals surface area (Å²) in [5, 5.41) is 8.40. The molecule has 1 atom stereocenters. The van der Waals surface area contributed by atoms with Gasteiger partial charge in [-0.1, -0.05) is 7.43 Å². The molecule has 0 aliphatic carbocycles. The predicted molar refractivity (Wildman–Crippen MR) is 53.5 cm³/mol. The van der Waals surface area contributed by atoms with E-state index in [0.29, 0.717) is 0 Å². The summed E-state index contributed by atoms with van der Waals surface area (Å²) in [6.07, 6.45) is -1.75. The SMILES string of the molecule is C.COCC(=O)OC(CC(=O)O)C(C)=O.[2HH]. The first kappa shape index (κ1) is 16.0. The predicted octanol–water partition coefficient (Wildman–Crippen LogP) is 0.490. The quantitative estimate of drug-likeness (QED) is 0.659. The van der Waals surface area contributed by atoms with Crippen molar-refractivity contribution < 1.29 is 30.4 Å². The topological polar surface area (TPSA) is 89.9 Å². The lowest BCUT2D eigenvalue weighted by atomic mass is 10.2. The van der Waals surface area contributed by atoms with Crippen molar-refractivity contribution >= 4 is 17.7 Å². The normalized spacial score (nSPS) is 11.1. The average molecular weight is 223 g/mol. The molecule has 0 aliphatic heterocycles. The summed E-state index contributed by atoms with van der Waals surface area (Å²) in [6.45, 7) is 0.858. The van der Waals surface area contributed by atoms with E-state index in [9.17, 15) is 14.4 Å². The van der Waals surface area contributed by atoms with E-state index in [-0.39, 0.29) is 15.5 Å². The summed E-state index contributed by atoms with van der Waals surface area (Å²) >= 11 is 0. The van der Waals surface area contributed by atoms with E-state index in [2.05, 4.69) is 9.47 Å². The third kappa shape index (κ3) is 7.63. The number of carboxylic acids is 1. The molecule has 15 heavy (non-hydrogen) atoms. The molecule has 6 nitrogen and oxygen atoms in total. The highest BCUT2D eigenvalue weighted by Gasteiger charge is 2.22. The molecule has 90 valence electrons. The summed E-state index contributed by atoms with van der Waals surface area (Å²) in [5.41, 5.74) is 0. The van der Waals surface area contributed by atoms with Crippen LogP contribution < -0.4 is 0 Å².